The lowest BCUT2D eigenvalue weighted by Gasteiger charge is -2.08. The maximum absolute atomic E-state index is 11.7. The van der Waals surface area contributed by atoms with E-state index in [1.807, 2.05) is 0 Å². The lowest BCUT2D eigenvalue weighted by Crippen LogP contribution is -2.26. The Bertz CT molecular complexity index is 754. The molecule has 7 nitrogen and oxygen atoms in total. The van der Waals surface area contributed by atoms with Crippen molar-refractivity contribution in [2.75, 3.05) is 19.0 Å². The zero-order valence-corrected chi connectivity index (χ0v) is 12.5. The molecule has 1 N–H and O–H groups in total. The van der Waals surface area contributed by atoms with Crippen LogP contribution in [0, 0.1) is 0 Å². The van der Waals surface area contributed by atoms with Crippen LogP contribution in [0.1, 0.15) is 0 Å². The summed E-state index contributed by atoms with van der Waals surface area (Å²) in [7, 11) is 1.52. The summed E-state index contributed by atoms with van der Waals surface area (Å²) in [4.78, 5) is 34.8. The number of anilines is 1. The van der Waals surface area contributed by atoms with Gasteiger partial charge in [0.25, 0.3) is 11.5 Å². The molecule has 0 atom stereocenters. The summed E-state index contributed by atoms with van der Waals surface area (Å²) < 4.78 is 11.1. The van der Waals surface area contributed by atoms with Gasteiger partial charge in [0.1, 0.15) is 12.3 Å². The van der Waals surface area contributed by atoms with Crippen molar-refractivity contribution < 1.29 is 19.1 Å². The van der Waals surface area contributed by atoms with E-state index in [0.717, 1.165) is 0 Å². The first-order valence-electron chi connectivity index (χ1n) is 6.83. The monoisotopic (exact) mass is 316 g/mol. The van der Waals surface area contributed by atoms with Gasteiger partial charge in [0.2, 0.25) is 0 Å². The third kappa shape index (κ3) is 4.99. The molecule has 7 heteroatoms. The number of carbonyl (C=O) groups excluding carboxylic acids is 2. The van der Waals surface area contributed by atoms with E-state index in [9.17, 15) is 14.4 Å². The van der Waals surface area contributed by atoms with E-state index >= 15 is 0 Å². The first-order chi connectivity index (χ1) is 11.1. The molecule has 1 aromatic carbocycles. The molecule has 1 amide bonds. The number of rotatable bonds is 6. The van der Waals surface area contributed by atoms with Crippen molar-refractivity contribution in [3.05, 3.63) is 59.0 Å². The number of esters is 1. The van der Waals surface area contributed by atoms with Crippen molar-refractivity contribution in [1.29, 1.82) is 0 Å². The van der Waals surface area contributed by atoms with Gasteiger partial charge in [0.05, 0.1) is 7.11 Å². The minimum Gasteiger partial charge on any atom is -0.497 e. The van der Waals surface area contributed by atoms with Crippen LogP contribution in [0.2, 0.25) is 0 Å². The minimum atomic E-state index is -0.668. The van der Waals surface area contributed by atoms with Gasteiger partial charge in [-0.05, 0) is 18.2 Å². The maximum atomic E-state index is 11.7. The van der Waals surface area contributed by atoms with Gasteiger partial charge in [-0.25, -0.2) is 0 Å². The molecule has 1 aromatic heterocycles. The van der Waals surface area contributed by atoms with Crippen molar-refractivity contribution in [2.45, 2.75) is 6.54 Å². The highest BCUT2D eigenvalue weighted by Gasteiger charge is 2.09. The zero-order chi connectivity index (χ0) is 16.7. The number of hydrogen-bond donors (Lipinski definition) is 1. The first-order valence-corrected chi connectivity index (χ1v) is 6.83. The largest absolute Gasteiger partial charge is 0.497 e. The van der Waals surface area contributed by atoms with Crippen LogP contribution in [-0.4, -0.2) is 30.2 Å². The Kier molecular flexibility index (Phi) is 5.51. The summed E-state index contributed by atoms with van der Waals surface area (Å²) in [6.45, 7) is -0.677. The van der Waals surface area contributed by atoms with E-state index in [0.29, 0.717) is 11.4 Å². The second-order valence-corrected chi connectivity index (χ2v) is 4.61. The molecule has 0 radical (unpaired) electrons. The Morgan fingerprint density at radius 3 is 2.74 bits per heavy atom. The Labute approximate surface area is 132 Å². The molecule has 23 heavy (non-hydrogen) atoms. The molecule has 0 unspecified atom stereocenters. The molecule has 0 saturated carbocycles. The van der Waals surface area contributed by atoms with Gasteiger partial charge in [0.15, 0.2) is 6.61 Å². The Morgan fingerprint density at radius 2 is 2.00 bits per heavy atom. The van der Waals surface area contributed by atoms with E-state index in [-0.39, 0.29) is 12.1 Å². The van der Waals surface area contributed by atoms with Crippen molar-refractivity contribution in [1.82, 2.24) is 4.57 Å². The van der Waals surface area contributed by atoms with Crippen molar-refractivity contribution >= 4 is 17.6 Å². The molecule has 0 aliphatic carbocycles. The molecule has 0 saturated heterocycles. The Hall–Kier alpha value is -3.09. The SMILES string of the molecule is COc1cccc(NC(=O)COC(=O)Cn2ccccc2=O)c1. The number of benzene rings is 1. The zero-order valence-electron chi connectivity index (χ0n) is 12.5. The number of aromatic nitrogens is 1. The summed E-state index contributed by atoms with van der Waals surface area (Å²) >= 11 is 0. The summed E-state index contributed by atoms with van der Waals surface area (Å²) in [5, 5.41) is 2.58. The highest BCUT2D eigenvalue weighted by molar-refractivity contribution is 5.92. The molecule has 120 valence electrons. The van der Waals surface area contributed by atoms with Crippen LogP contribution in [0.5, 0.6) is 5.75 Å². The number of nitrogens with one attached hydrogen (secondary N) is 1. The number of ether oxygens (including phenoxy) is 2. The normalized spacial score (nSPS) is 9.96. The van der Waals surface area contributed by atoms with Crippen LogP contribution in [0.25, 0.3) is 0 Å². The molecule has 2 aromatic rings. The lowest BCUT2D eigenvalue weighted by molar-refractivity contribution is -0.147. The number of amides is 1. The standard InChI is InChI=1S/C16H16N2O5/c1-22-13-6-4-5-12(9-13)17-14(19)11-23-16(21)10-18-8-3-2-7-15(18)20/h2-9H,10-11H2,1H3,(H,17,19). The van der Waals surface area contributed by atoms with Crippen LogP contribution in [0.4, 0.5) is 5.69 Å². The molecule has 1 heterocycles. The summed E-state index contributed by atoms with van der Waals surface area (Å²) in [5.41, 5.74) is 0.218. The molecule has 0 spiro atoms. The average molecular weight is 316 g/mol. The van der Waals surface area contributed by atoms with Gasteiger partial charge in [-0.2, -0.15) is 0 Å². The summed E-state index contributed by atoms with van der Waals surface area (Å²) in [5.74, 6) is -0.547. The van der Waals surface area contributed by atoms with Crippen molar-refractivity contribution in [3.63, 3.8) is 0 Å². The molecular weight excluding hydrogens is 300 g/mol. The van der Waals surface area contributed by atoms with E-state index < -0.39 is 18.5 Å². The predicted molar refractivity (Wildman–Crippen MR) is 83.3 cm³/mol. The van der Waals surface area contributed by atoms with Crippen molar-refractivity contribution in [3.8, 4) is 5.75 Å². The van der Waals surface area contributed by atoms with Crippen LogP contribution in [0.15, 0.2) is 53.5 Å². The van der Waals surface area contributed by atoms with Crippen LogP contribution < -0.4 is 15.6 Å². The van der Waals surface area contributed by atoms with Gasteiger partial charge in [0, 0.05) is 24.0 Å². The van der Waals surface area contributed by atoms with Crippen LogP contribution in [0.3, 0.4) is 0 Å². The number of methoxy groups -OCH3 is 1. The topological polar surface area (TPSA) is 86.6 Å². The molecular formula is C16H16N2O5. The quantitative estimate of drug-likeness (QED) is 0.805. The van der Waals surface area contributed by atoms with Crippen LogP contribution >= 0.6 is 0 Å². The van der Waals surface area contributed by atoms with Gasteiger partial charge in [-0.15, -0.1) is 0 Å². The third-order valence-corrected chi connectivity index (χ3v) is 2.92. The van der Waals surface area contributed by atoms with Crippen LogP contribution in [-0.2, 0) is 20.9 Å². The maximum Gasteiger partial charge on any atom is 0.326 e. The molecule has 0 fully saturated rings. The third-order valence-electron chi connectivity index (χ3n) is 2.92. The predicted octanol–water partition coefficient (Wildman–Crippen LogP) is 1.04. The smallest absolute Gasteiger partial charge is 0.326 e. The summed E-state index contributed by atoms with van der Waals surface area (Å²) in [6, 6.07) is 11.3. The van der Waals surface area contributed by atoms with Gasteiger partial charge in [-0.1, -0.05) is 12.1 Å². The number of carbonyl (C=O) groups is 2. The Morgan fingerprint density at radius 1 is 1.17 bits per heavy atom. The van der Waals surface area contributed by atoms with E-state index in [1.54, 1.807) is 36.4 Å². The van der Waals surface area contributed by atoms with E-state index in [1.165, 1.54) is 23.9 Å². The highest BCUT2D eigenvalue weighted by atomic mass is 16.5. The summed E-state index contributed by atoms with van der Waals surface area (Å²) in [6.07, 6.45) is 1.47. The lowest BCUT2D eigenvalue weighted by atomic mass is 10.3. The average Bonchev–Trinajstić information content (AvgIpc) is 2.55. The number of hydrogen-bond acceptors (Lipinski definition) is 5. The fourth-order valence-electron chi connectivity index (χ4n) is 1.82. The molecule has 0 aliphatic heterocycles. The number of nitrogens with zero attached hydrogens (tertiary/aromatic N) is 1. The van der Waals surface area contributed by atoms with Gasteiger partial charge >= 0.3 is 5.97 Å². The fraction of sp³-hybridized carbons (Fsp3) is 0.188. The first kappa shape index (κ1) is 16.3. The second-order valence-electron chi connectivity index (χ2n) is 4.61. The Balaban J connectivity index is 1.83. The highest BCUT2D eigenvalue weighted by Crippen LogP contribution is 2.16. The minimum absolute atomic E-state index is 0.244. The molecule has 0 aliphatic rings. The van der Waals surface area contributed by atoms with Gasteiger partial charge < -0.3 is 19.4 Å². The van der Waals surface area contributed by atoms with Gasteiger partial charge in [-0.3, -0.25) is 14.4 Å². The molecule has 2 rings (SSSR count). The van der Waals surface area contributed by atoms with E-state index in [2.05, 4.69) is 5.32 Å². The fourth-order valence-corrected chi connectivity index (χ4v) is 1.82. The van der Waals surface area contributed by atoms with Crippen molar-refractivity contribution in [2.24, 2.45) is 0 Å². The second kappa shape index (κ2) is 7.79. The van der Waals surface area contributed by atoms with E-state index in [4.69, 9.17) is 9.47 Å². The number of pyridine rings is 1. The molecule has 0 bridgehead atoms.